The average Bonchev–Trinajstić information content (AvgIpc) is 2.57. The maximum absolute atomic E-state index is 12.6. The van der Waals surface area contributed by atoms with Gasteiger partial charge in [0.15, 0.2) is 9.84 Å². The summed E-state index contributed by atoms with van der Waals surface area (Å²) in [6, 6.07) is 15.7. The van der Waals surface area contributed by atoms with Gasteiger partial charge in [0.1, 0.15) is 11.0 Å². The van der Waals surface area contributed by atoms with E-state index in [4.69, 9.17) is 4.74 Å². The molecule has 1 unspecified atom stereocenters. The third-order valence-electron chi connectivity index (χ3n) is 3.58. The van der Waals surface area contributed by atoms with Gasteiger partial charge in [-0.15, -0.1) is 0 Å². The molecule has 5 nitrogen and oxygen atoms in total. The number of hydrogen-bond acceptors (Lipinski definition) is 4. The summed E-state index contributed by atoms with van der Waals surface area (Å²) >= 11 is 0. The number of anilines is 1. The van der Waals surface area contributed by atoms with Crippen LogP contribution in [0, 0.1) is 0 Å². The number of sulfone groups is 1. The van der Waals surface area contributed by atoms with E-state index in [-0.39, 0.29) is 5.75 Å². The summed E-state index contributed by atoms with van der Waals surface area (Å²) < 4.78 is 30.6. The molecule has 1 N–H and O–H groups in total. The molecule has 0 radical (unpaired) electrons. The van der Waals surface area contributed by atoms with Crippen LogP contribution in [0.15, 0.2) is 54.6 Å². The number of rotatable bonds is 7. The molecule has 0 aliphatic rings. The van der Waals surface area contributed by atoms with Gasteiger partial charge in [0.25, 0.3) is 0 Å². The van der Waals surface area contributed by atoms with Gasteiger partial charge in [-0.2, -0.15) is 0 Å². The third-order valence-corrected chi connectivity index (χ3v) is 5.58. The maximum Gasteiger partial charge on any atom is 0.242 e. The van der Waals surface area contributed by atoms with E-state index in [0.717, 1.165) is 0 Å². The summed E-state index contributed by atoms with van der Waals surface area (Å²) in [4.78, 5) is 12.2. The molecule has 128 valence electrons. The Morgan fingerprint density at radius 1 is 1.08 bits per heavy atom. The molecule has 0 aliphatic carbocycles. The molecule has 0 bridgehead atoms. The van der Waals surface area contributed by atoms with Crippen LogP contribution in [0.3, 0.4) is 0 Å². The predicted octanol–water partition coefficient (Wildman–Crippen LogP) is 3.03. The largest absolute Gasteiger partial charge is 0.494 e. The Bertz CT molecular complexity index is 788. The molecule has 0 heterocycles. The summed E-state index contributed by atoms with van der Waals surface area (Å²) in [7, 11) is -3.67. The Hall–Kier alpha value is -2.34. The topological polar surface area (TPSA) is 72.5 Å². The van der Waals surface area contributed by atoms with E-state index in [2.05, 4.69) is 5.32 Å². The molecule has 0 spiro atoms. The molecule has 1 amide bonds. The van der Waals surface area contributed by atoms with Crippen molar-refractivity contribution >= 4 is 21.4 Å². The Labute approximate surface area is 142 Å². The van der Waals surface area contributed by atoms with E-state index in [1.54, 1.807) is 48.5 Å². The van der Waals surface area contributed by atoms with E-state index in [1.807, 2.05) is 13.0 Å². The zero-order chi connectivity index (χ0) is 17.6. The van der Waals surface area contributed by atoms with Gasteiger partial charge in [-0.25, -0.2) is 8.42 Å². The molecule has 0 saturated heterocycles. The minimum Gasteiger partial charge on any atom is -0.494 e. The number of benzene rings is 2. The van der Waals surface area contributed by atoms with Crippen LogP contribution in [0.5, 0.6) is 5.75 Å². The van der Waals surface area contributed by atoms with Crippen LogP contribution in [0.1, 0.15) is 19.4 Å². The monoisotopic (exact) mass is 347 g/mol. The van der Waals surface area contributed by atoms with Crippen molar-refractivity contribution in [2.24, 2.45) is 0 Å². The van der Waals surface area contributed by atoms with Gasteiger partial charge < -0.3 is 10.1 Å². The van der Waals surface area contributed by atoms with Gasteiger partial charge in [0.05, 0.1) is 12.4 Å². The lowest BCUT2D eigenvalue weighted by atomic mass is 10.2. The summed E-state index contributed by atoms with van der Waals surface area (Å²) in [6.45, 7) is 3.68. The fourth-order valence-electron chi connectivity index (χ4n) is 2.19. The number of hydrogen-bond donors (Lipinski definition) is 1. The summed E-state index contributed by atoms with van der Waals surface area (Å²) in [5.41, 5.74) is 1.12. The molecule has 0 aliphatic heterocycles. The van der Waals surface area contributed by atoms with Crippen molar-refractivity contribution in [3.8, 4) is 5.75 Å². The minimum absolute atomic E-state index is 0.244. The van der Waals surface area contributed by atoms with Crippen LogP contribution < -0.4 is 10.1 Å². The Balaban J connectivity index is 2.13. The summed E-state index contributed by atoms with van der Waals surface area (Å²) in [6.07, 6.45) is 0. The molecule has 2 aromatic rings. The van der Waals surface area contributed by atoms with Crippen LogP contribution in [0.2, 0.25) is 0 Å². The maximum atomic E-state index is 12.6. The van der Waals surface area contributed by atoms with Crippen molar-refractivity contribution in [1.82, 2.24) is 0 Å². The van der Waals surface area contributed by atoms with E-state index in [1.165, 1.54) is 6.92 Å². The van der Waals surface area contributed by atoms with Crippen molar-refractivity contribution < 1.29 is 17.9 Å². The van der Waals surface area contributed by atoms with E-state index >= 15 is 0 Å². The van der Waals surface area contributed by atoms with Crippen molar-refractivity contribution in [2.45, 2.75) is 24.9 Å². The number of carbonyl (C=O) groups excluding carboxylic acids is 1. The Morgan fingerprint density at radius 2 is 1.71 bits per heavy atom. The molecule has 6 heteroatoms. The molecule has 1 atom stereocenters. The first-order valence-corrected chi connectivity index (χ1v) is 9.43. The van der Waals surface area contributed by atoms with Gasteiger partial charge >= 0.3 is 0 Å². The first kappa shape index (κ1) is 18.0. The number of ether oxygens (including phenoxy) is 1. The minimum atomic E-state index is -3.67. The Morgan fingerprint density at radius 3 is 2.38 bits per heavy atom. The van der Waals surface area contributed by atoms with Gasteiger partial charge in [0.2, 0.25) is 5.91 Å². The van der Waals surface area contributed by atoms with Crippen molar-refractivity contribution in [3.63, 3.8) is 0 Å². The lowest BCUT2D eigenvalue weighted by Gasteiger charge is -2.15. The summed E-state index contributed by atoms with van der Waals surface area (Å²) in [5.74, 6) is -0.263. The van der Waals surface area contributed by atoms with E-state index < -0.39 is 21.0 Å². The molecule has 0 aromatic heterocycles. The quantitative estimate of drug-likeness (QED) is 0.835. The first-order valence-electron chi connectivity index (χ1n) is 7.72. The number of nitrogens with one attached hydrogen (secondary N) is 1. The second-order valence-corrected chi connectivity index (χ2v) is 7.67. The van der Waals surface area contributed by atoms with E-state index in [0.29, 0.717) is 23.6 Å². The second kappa shape index (κ2) is 7.97. The average molecular weight is 347 g/mol. The van der Waals surface area contributed by atoms with Crippen LogP contribution in [0.25, 0.3) is 0 Å². The normalized spacial score (nSPS) is 12.4. The van der Waals surface area contributed by atoms with Gasteiger partial charge in [-0.05, 0) is 32.0 Å². The molecule has 2 rings (SSSR count). The fraction of sp³-hybridized carbons (Fsp3) is 0.278. The highest BCUT2D eigenvalue weighted by Gasteiger charge is 2.29. The zero-order valence-corrected chi connectivity index (χ0v) is 14.5. The van der Waals surface area contributed by atoms with Crippen molar-refractivity contribution in [3.05, 3.63) is 60.2 Å². The zero-order valence-electron chi connectivity index (χ0n) is 13.7. The second-order valence-electron chi connectivity index (χ2n) is 5.35. The van der Waals surface area contributed by atoms with Gasteiger partial charge in [-0.3, -0.25) is 4.79 Å². The van der Waals surface area contributed by atoms with E-state index in [9.17, 15) is 13.2 Å². The number of para-hydroxylation sites is 2. The smallest absolute Gasteiger partial charge is 0.242 e. The predicted molar refractivity (Wildman–Crippen MR) is 94.8 cm³/mol. The van der Waals surface area contributed by atoms with Crippen LogP contribution in [0.4, 0.5) is 5.69 Å². The number of amides is 1. The fourth-order valence-corrected chi connectivity index (χ4v) is 3.50. The number of carbonyl (C=O) groups is 1. The van der Waals surface area contributed by atoms with Crippen LogP contribution in [-0.4, -0.2) is 26.2 Å². The lowest BCUT2D eigenvalue weighted by Crippen LogP contribution is -2.33. The SMILES string of the molecule is CCOc1ccccc1CS(=O)(=O)C(C)C(=O)Nc1ccccc1. The standard InChI is InChI=1S/C18H21NO4S/c1-3-23-17-12-8-7-9-15(17)13-24(21,22)14(2)18(20)19-16-10-5-4-6-11-16/h4-12,14H,3,13H2,1-2H3,(H,19,20). The van der Waals surface area contributed by atoms with Crippen molar-refractivity contribution in [1.29, 1.82) is 0 Å². The first-order chi connectivity index (χ1) is 11.4. The highest BCUT2D eigenvalue weighted by molar-refractivity contribution is 7.92. The molecule has 0 saturated carbocycles. The highest BCUT2D eigenvalue weighted by atomic mass is 32.2. The Kier molecular flexibility index (Phi) is 5.98. The molecule has 0 fully saturated rings. The summed E-state index contributed by atoms with van der Waals surface area (Å²) in [5, 5.41) is 1.46. The highest BCUT2D eigenvalue weighted by Crippen LogP contribution is 2.22. The lowest BCUT2D eigenvalue weighted by molar-refractivity contribution is -0.115. The van der Waals surface area contributed by atoms with Gasteiger partial charge in [-0.1, -0.05) is 36.4 Å². The third kappa shape index (κ3) is 4.58. The molecular formula is C18H21NO4S. The van der Waals surface area contributed by atoms with Crippen molar-refractivity contribution in [2.75, 3.05) is 11.9 Å². The molecular weight excluding hydrogens is 326 g/mol. The van der Waals surface area contributed by atoms with Crippen LogP contribution in [-0.2, 0) is 20.4 Å². The van der Waals surface area contributed by atoms with Gasteiger partial charge in [0, 0.05) is 11.3 Å². The molecule has 24 heavy (non-hydrogen) atoms. The van der Waals surface area contributed by atoms with Crippen LogP contribution >= 0.6 is 0 Å². The molecule has 2 aromatic carbocycles.